The summed E-state index contributed by atoms with van der Waals surface area (Å²) in [7, 11) is 0. The van der Waals surface area contributed by atoms with Crippen molar-refractivity contribution in [3.63, 3.8) is 0 Å². The van der Waals surface area contributed by atoms with Crippen LogP contribution in [0, 0.1) is 12.3 Å². The van der Waals surface area contributed by atoms with Crippen molar-refractivity contribution < 1.29 is 22.8 Å². The van der Waals surface area contributed by atoms with E-state index >= 15 is 0 Å². The normalized spacial score (nSPS) is 34.5. The van der Waals surface area contributed by atoms with E-state index in [9.17, 15) is 15.3 Å². The van der Waals surface area contributed by atoms with E-state index in [1.165, 1.54) is 17.1 Å². The van der Waals surface area contributed by atoms with E-state index in [2.05, 4.69) is 15.0 Å². The van der Waals surface area contributed by atoms with Gasteiger partial charge in [0, 0.05) is 0 Å². The van der Waals surface area contributed by atoms with Crippen molar-refractivity contribution in [2.75, 3.05) is 12.3 Å². The number of rotatable bonds is 2. The highest BCUT2D eigenvalue weighted by Crippen LogP contribution is 2.39. The average Bonchev–Trinajstić information content (AvgIpc) is 2.99. The zero-order valence-electron chi connectivity index (χ0n) is 12.6. The molecule has 4 atom stereocenters. The zero-order valence-corrected chi connectivity index (χ0v) is 10.6. The van der Waals surface area contributed by atoms with Gasteiger partial charge in [0.15, 0.2) is 17.5 Å². The molecule has 1 saturated heterocycles. The Morgan fingerprint density at radius 1 is 1.62 bits per heavy atom. The molecule has 0 amide bonds. The molecular weight excluding hydrogens is 278 g/mol. The van der Waals surface area contributed by atoms with E-state index in [0.29, 0.717) is 5.52 Å². The van der Waals surface area contributed by atoms with Crippen molar-refractivity contribution in [3.05, 3.63) is 12.5 Å². The third kappa shape index (κ3) is 1.85. The molecule has 2 aromatic heterocycles. The van der Waals surface area contributed by atoms with Gasteiger partial charge in [0.25, 0.3) is 0 Å². The van der Waals surface area contributed by atoms with Crippen LogP contribution in [-0.4, -0.2) is 59.2 Å². The van der Waals surface area contributed by atoms with Gasteiger partial charge in [-0.3, -0.25) is 4.57 Å². The molecule has 0 saturated carbocycles. The minimum Gasteiger partial charge on any atom is -0.394 e. The van der Waals surface area contributed by atoms with E-state index in [-0.39, 0.29) is 11.6 Å². The maximum absolute atomic E-state index is 10.6. The first kappa shape index (κ1) is 11.4. The fourth-order valence-corrected chi connectivity index (χ4v) is 2.24. The molecule has 0 spiro atoms. The van der Waals surface area contributed by atoms with E-state index in [1.54, 1.807) is 0 Å². The molecule has 2 aromatic rings. The van der Waals surface area contributed by atoms with Crippen molar-refractivity contribution in [3.8, 4) is 12.3 Å². The van der Waals surface area contributed by atoms with Crippen LogP contribution in [0.25, 0.3) is 11.2 Å². The molecule has 9 nitrogen and oxygen atoms in total. The molecule has 5 N–H and O–H groups in total. The predicted octanol–water partition coefficient (Wildman–Crippen LogP) is -1.98. The van der Waals surface area contributed by atoms with E-state index < -0.39 is 30.6 Å². The first-order valence-corrected chi connectivity index (χ1v) is 5.89. The van der Waals surface area contributed by atoms with Crippen molar-refractivity contribution in [2.45, 2.75) is 24.0 Å². The van der Waals surface area contributed by atoms with Crippen molar-refractivity contribution in [2.24, 2.45) is 0 Å². The summed E-state index contributed by atoms with van der Waals surface area (Å²) < 4.78 is 21.1. The number of aromatic nitrogens is 4. The zero-order chi connectivity index (χ0) is 17.0. The van der Waals surface area contributed by atoms with Gasteiger partial charge in [-0.05, 0) is 0 Å². The molecule has 0 aliphatic carbocycles. The molecular formula is C12H13N5O4. The Bertz CT molecular complexity index is 801. The van der Waals surface area contributed by atoms with Crippen LogP contribution in [0.5, 0.6) is 0 Å². The number of aliphatic hydroxyl groups excluding tert-OH is 1. The summed E-state index contributed by atoms with van der Waals surface area (Å²) in [5, 5.41) is 30.2. The summed E-state index contributed by atoms with van der Waals surface area (Å²) in [5.74, 6) is 1.93. The minimum absolute atomic E-state index is 0.0592. The van der Waals surface area contributed by atoms with E-state index in [0.717, 1.165) is 0 Å². The second-order valence-corrected chi connectivity index (χ2v) is 4.54. The van der Waals surface area contributed by atoms with Crippen molar-refractivity contribution >= 4 is 17.1 Å². The van der Waals surface area contributed by atoms with Gasteiger partial charge in [0.2, 0.25) is 5.95 Å². The number of nitrogens with zero attached hydrogens (tertiary/aromatic N) is 4. The molecule has 0 bridgehead atoms. The number of anilines is 1. The highest BCUT2D eigenvalue weighted by atomic mass is 16.6. The highest BCUT2D eigenvalue weighted by Gasteiger charge is 2.55. The lowest BCUT2D eigenvalue weighted by atomic mass is 9.95. The fraction of sp³-hybridized carbons (Fsp3) is 0.417. The van der Waals surface area contributed by atoms with Crippen molar-refractivity contribution in [1.29, 1.82) is 0 Å². The topological polar surface area (TPSA) is 140 Å². The third-order valence-electron chi connectivity index (χ3n) is 3.34. The minimum atomic E-state index is -2.93. The Kier molecular flexibility index (Phi) is 2.52. The summed E-state index contributed by atoms with van der Waals surface area (Å²) in [4.78, 5) is 11.7. The highest BCUT2D eigenvalue weighted by molar-refractivity contribution is 5.70. The smallest absolute Gasteiger partial charge is 0.222 e. The molecule has 0 radical (unpaired) electrons. The lowest BCUT2D eigenvalue weighted by Crippen LogP contribution is -2.45. The largest absolute Gasteiger partial charge is 0.394 e. The lowest BCUT2D eigenvalue weighted by molar-refractivity contribution is -0.0721. The molecule has 0 aromatic carbocycles. The number of fused-ring (bicyclic) bond motifs is 1. The van der Waals surface area contributed by atoms with Gasteiger partial charge in [-0.2, -0.15) is 4.98 Å². The molecule has 3 heterocycles. The van der Waals surface area contributed by atoms with E-state index in [4.69, 9.17) is 19.6 Å². The molecule has 110 valence electrons. The maximum atomic E-state index is 10.6. The summed E-state index contributed by atoms with van der Waals surface area (Å²) >= 11 is 0. The number of aliphatic hydroxyl groups is 3. The monoisotopic (exact) mass is 293 g/mol. The van der Waals surface area contributed by atoms with E-state index in [1.807, 2.05) is 5.92 Å². The summed E-state index contributed by atoms with van der Waals surface area (Å²) in [6, 6.07) is 0. The van der Waals surface area contributed by atoms with Crippen LogP contribution in [0.15, 0.2) is 12.5 Å². The van der Waals surface area contributed by atoms with Crippen LogP contribution in [0.4, 0.5) is 5.95 Å². The third-order valence-corrected chi connectivity index (χ3v) is 3.34. The number of hydrogen-bond donors (Lipinski definition) is 4. The molecule has 1 aliphatic rings. The molecule has 1 aliphatic heterocycles. The lowest BCUT2D eigenvalue weighted by Gasteiger charge is -2.26. The molecule has 3 rings (SSSR count). The Morgan fingerprint density at radius 3 is 3.05 bits per heavy atom. The second-order valence-electron chi connectivity index (χ2n) is 4.54. The van der Waals surface area contributed by atoms with Gasteiger partial charge in [-0.25, -0.2) is 9.97 Å². The SMILES string of the molecule is [2H]C([2H])(O)[C@H]1O[C@@H](n2cnc3cnc(N)nc32)C(O)(C#C)[C@H]1O. The Hall–Kier alpha value is -2.25. The van der Waals surface area contributed by atoms with Gasteiger partial charge >= 0.3 is 0 Å². The van der Waals surface area contributed by atoms with Crippen molar-refractivity contribution in [1.82, 2.24) is 19.5 Å². The number of nitrogens with two attached hydrogens (primary N) is 1. The number of nitrogen functional groups attached to an aromatic ring is 1. The van der Waals surface area contributed by atoms with Crippen LogP contribution in [-0.2, 0) is 4.74 Å². The second kappa shape index (κ2) is 4.64. The van der Waals surface area contributed by atoms with Gasteiger partial charge in [0.1, 0.15) is 17.7 Å². The standard InChI is InChI=1S/C12H13N5O4/c1-2-12(20)8(19)7(4-18)21-10(12)17-5-15-6-3-14-11(13)16-9(6)17/h1,3,5,7-8,10,18-20H,4H2,(H2,13,14,16)/t7-,8+,10-,12?/m1/s1/i4D2. The average molecular weight is 293 g/mol. The Balaban J connectivity index is 2.14. The quantitative estimate of drug-likeness (QED) is 0.467. The van der Waals surface area contributed by atoms with Crippen LogP contribution in [0.2, 0.25) is 0 Å². The van der Waals surface area contributed by atoms with Crippen LogP contribution < -0.4 is 5.73 Å². The molecule has 9 heteroatoms. The molecule has 1 unspecified atom stereocenters. The first-order valence-electron chi connectivity index (χ1n) is 6.89. The van der Waals surface area contributed by atoms with Gasteiger partial charge in [-0.1, -0.05) is 5.92 Å². The van der Waals surface area contributed by atoms with Crippen LogP contribution >= 0.6 is 0 Å². The van der Waals surface area contributed by atoms with Crippen LogP contribution in [0.3, 0.4) is 0 Å². The molecule has 1 fully saturated rings. The Labute approximate surface area is 121 Å². The summed E-state index contributed by atoms with van der Waals surface area (Å²) in [6.45, 7) is -2.93. The summed E-state index contributed by atoms with van der Waals surface area (Å²) in [5.41, 5.74) is 3.70. The Morgan fingerprint density at radius 2 is 2.38 bits per heavy atom. The van der Waals surface area contributed by atoms with Gasteiger partial charge < -0.3 is 25.8 Å². The number of hydrogen-bond acceptors (Lipinski definition) is 8. The first-order chi connectivity index (χ1) is 10.7. The number of ether oxygens (including phenoxy) is 1. The number of terminal acetylenes is 1. The summed E-state index contributed by atoms with van der Waals surface area (Å²) in [6.07, 6.45) is 2.78. The maximum Gasteiger partial charge on any atom is 0.222 e. The fourth-order valence-electron chi connectivity index (χ4n) is 2.24. The molecule has 21 heavy (non-hydrogen) atoms. The number of imidazole rings is 1. The van der Waals surface area contributed by atoms with Gasteiger partial charge in [0.05, 0.1) is 21.8 Å². The van der Waals surface area contributed by atoms with Gasteiger partial charge in [-0.15, -0.1) is 6.42 Å². The van der Waals surface area contributed by atoms with Crippen LogP contribution in [0.1, 0.15) is 8.97 Å². The predicted molar refractivity (Wildman–Crippen MR) is 70.5 cm³/mol.